The summed E-state index contributed by atoms with van der Waals surface area (Å²) in [6.07, 6.45) is 1.09. The SMILES string of the molecule is COc1ccc(OC)c(C=NNC(=O)CC(=O)Nc2ccc(C)cc2)c1. The van der Waals surface area contributed by atoms with E-state index in [0.29, 0.717) is 22.7 Å². The van der Waals surface area contributed by atoms with Crippen molar-refractivity contribution >= 4 is 23.7 Å². The van der Waals surface area contributed by atoms with E-state index in [1.807, 2.05) is 19.1 Å². The van der Waals surface area contributed by atoms with Gasteiger partial charge >= 0.3 is 0 Å². The van der Waals surface area contributed by atoms with Crippen LogP contribution in [0.5, 0.6) is 11.5 Å². The largest absolute Gasteiger partial charge is 0.497 e. The second-order valence-corrected chi connectivity index (χ2v) is 5.49. The van der Waals surface area contributed by atoms with Crippen LogP contribution in [0.3, 0.4) is 0 Å². The molecular formula is C19H21N3O4. The fourth-order valence-corrected chi connectivity index (χ4v) is 2.14. The first kappa shape index (κ1) is 19.0. The van der Waals surface area contributed by atoms with Gasteiger partial charge in [-0.15, -0.1) is 0 Å². The summed E-state index contributed by atoms with van der Waals surface area (Å²) in [5, 5.41) is 6.51. The summed E-state index contributed by atoms with van der Waals surface area (Å²) in [7, 11) is 3.09. The first-order valence-electron chi connectivity index (χ1n) is 7.92. The summed E-state index contributed by atoms with van der Waals surface area (Å²) in [5.74, 6) is 0.283. The molecule has 0 saturated carbocycles. The highest BCUT2D eigenvalue weighted by molar-refractivity contribution is 6.03. The van der Waals surface area contributed by atoms with E-state index in [9.17, 15) is 9.59 Å². The molecule has 0 bridgehead atoms. The summed E-state index contributed by atoms with van der Waals surface area (Å²) in [5.41, 5.74) is 4.68. The molecule has 2 rings (SSSR count). The van der Waals surface area contributed by atoms with Crippen LogP contribution in [0, 0.1) is 6.92 Å². The Labute approximate surface area is 152 Å². The van der Waals surface area contributed by atoms with Crippen molar-refractivity contribution < 1.29 is 19.1 Å². The quantitative estimate of drug-likeness (QED) is 0.454. The lowest BCUT2D eigenvalue weighted by atomic mass is 10.2. The standard InChI is InChI=1S/C19H21N3O4/c1-13-4-6-15(7-5-13)21-18(23)11-19(24)22-20-12-14-10-16(25-2)8-9-17(14)26-3/h4-10,12H,11H2,1-3H3,(H,21,23)(H,22,24). The Kier molecular flexibility index (Phi) is 6.73. The normalized spacial score (nSPS) is 10.4. The first-order chi connectivity index (χ1) is 12.5. The summed E-state index contributed by atoms with van der Waals surface area (Å²) in [6.45, 7) is 1.95. The molecule has 0 saturated heterocycles. The van der Waals surface area contributed by atoms with Gasteiger partial charge in [0, 0.05) is 11.3 Å². The van der Waals surface area contributed by atoms with Crippen molar-refractivity contribution in [2.75, 3.05) is 19.5 Å². The lowest BCUT2D eigenvalue weighted by Gasteiger charge is -2.07. The number of hydrogen-bond acceptors (Lipinski definition) is 5. The first-order valence-corrected chi connectivity index (χ1v) is 7.92. The third kappa shape index (κ3) is 5.62. The Morgan fingerprint density at radius 1 is 1.04 bits per heavy atom. The van der Waals surface area contributed by atoms with Crippen molar-refractivity contribution in [2.24, 2.45) is 5.10 Å². The van der Waals surface area contributed by atoms with Gasteiger partial charge in [0.25, 0.3) is 0 Å². The van der Waals surface area contributed by atoms with Gasteiger partial charge < -0.3 is 14.8 Å². The van der Waals surface area contributed by atoms with Crippen LogP contribution in [0.25, 0.3) is 0 Å². The molecule has 0 spiro atoms. The van der Waals surface area contributed by atoms with E-state index in [2.05, 4.69) is 15.8 Å². The fraction of sp³-hybridized carbons (Fsp3) is 0.211. The molecule has 136 valence electrons. The maximum absolute atomic E-state index is 11.9. The van der Waals surface area contributed by atoms with E-state index in [1.165, 1.54) is 13.3 Å². The third-order valence-corrected chi connectivity index (χ3v) is 3.49. The molecule has 0 heterocycles. The smallest absolute Gasteiger partial charge is 0.249 e. The third-order valence-electron chi connectivity index (χ3n) is 3.49. The monoisotopic (exact) mass is 355 g/mol. The second-order valence-electron chi connectivity index (χ2n) is 5.49. The van der Waals surface area contributed by atoms with Gasteiger partial charge in [-0.3, -0.25) is 9.59 Å². The van der Waals surface area contributed by atoms with E-state index in [0.717, 1.165) is 5.56 Å². The van der Waals surface area contributed by atoms with Crippen molar-refractivity contribution in [3.63, 3.8) is 0 Å². The van der Waals surface area contributed by atoms with Crippen molar-refractivity contribution in [1.29, 1.82) is 0 Å². The zero-order valence-corrected chi connectivity index (χ0v) is 14.9. The predicted octanol–water partition coefficient (Wildman–Crippen LogP) is 2.49. The molecule has 0 radical (unpaired) electrons. The number of hydrazone groups is 1. The van der Waals surface area contributed by atoms with Crippen LogP contribution in [0.1, 0.15) is 17.5 Å². The number of nitrogens with one attached hydrogen (secondary N) is 2. The Balaban J connectivity index is 1.89. The highest BCUT2D eigenvalue weighted by atomic mass is 16.5. The van der Waals surface area contributed by atoms with Gasteiger partial charge in [-0.1, -0.05) is 17.7 Å². The zero-order chi connectivity index (χ0) is 18.9. The Hall–Kier alpha value is -3.35. The Morgan fingerprint density at radius 2 is 1.77 bits per heavy atom. The fourth-order valence-electron chi connectivity index (χ4n) is 2.14. The van der Waals surface area contributed by atoms with Gasteiger partial charge in [-0.25, -0.2) is 5.43 Å². The highest BCUT2D eigenvalue weighted by Gasteiger charge is 2.09. The van der Waals surface area contributed by atoms with Crippen LogP contribution in [0.4, 0.5) is 5.69 Å². The van der Waals surface area contributed by atoms with Crippen LogP contribution in [0.2, 0.25) is 0 Å². The van der Waals surface area contributed by atoms with Gasteiger partial charge in [-0.2, -0.15) is 5.10 Å². The van der Waals surface area contributed by atoms with Gasteiger partial charge in [0.2, 0.25) is 11.8 Å². The summed E-state index contributed by atoms with van der Waals surface area (Å²) < 4.78 is 10.4. The second kappa shape index (κ2) is 9.22. The maximum atomic E-state index is 11.9. The molecule has 0 aliphatic carbocycles. The molecule has 0 aliphatic heterocycles. The number of anilines is 1. The Bertz CT molecular complexity index is 801. The average Bonchev–Trinajstić information content (AvgIpc) is 2.63. The van der Waals surface area contributed by atoms with Crippen LogP contribution in [-0.2, 0) is 9.59 Å². The van der Waals surface area contributed by atoms with Crippen molar-refractivity contribution in [3.05, 3.63) is 53.6 Å². The van der Waals surface area contributed by atoms with Gasteiger partial charge in [0.1, 0.15) is 17.9 Å². The lowest BCUT2D eigenvalue weighted by molar-refractivity contribution is -0.126. The minimum atomic E-state index is -0.521. The lowest BCUT2D eigenvalue weighted by Crippen LogP contribution is -2.24. The number of methoxy groups -OCH3 is 2. The molecule has 0 aromatic heterocycles. The number of rotatable bonds is 7. The average molecular weight is 355 g/mol. The van der Waals surface area contributed by atoms with E-state index in [1.54, 1.807) is 37.4 Å². The van der Waals surface area contributed by atoms with Gasteiger partial charge in [-0.05, 0) is 37.3 Å². The van der Waals surface area contributed by atoms with Crippen molar-refractivity contribution in [1.82, 2.24) is 5.43 Å². The summed E-state index contributed by atoms with van der Waals surface area (Å²) in [6, 6.07) is 12.5. The minimum Gasteiger partial charge on any atom is -0.497 e. The molecule has 2 aromatic rings. The molecule has 2 N–H and O–H groups in total. The van der Waals surface area contributed by atoms with E-state index in [4.69, 9.17) is 9.47 Å². The summed E-state index contributed by atoms with van der Waals surface area (Å²) in [4.78, 5) is 23.7. The number of carbonyl (C=O) groups excluding carboxylic acids is 2. The molecule has 2 aromatic carbocycles. The molecule has 26 heavy (non-hydrogen) atoms. The molecule has 0 fully saturated rings. The molecule has 2 amide bonds. The van der Waals surface area contributed by atoms with E-state index in [-0.39, 0.29) is 6.42 Å². The number of benzene rings is 2. The van der Waals surface area contributed by atoms with Crippen molar-refractivity contribution in [3.8, 4) is 11.5 Å². The zero-order valence-electron chi connectivity index (χ0n) is 14.9. The minimum absolute atomic E-state index is 0.333. The van der Waals surface area contributed by atoms with E-state index < -0.39 is 11.8 Å². The summed E-state index contributed by atoms with van der Waals surface area (Å²) >= 11 is 0. The van der Waals surface area contributed by atoms with Crippen LogP contribution >= 0.6 is 0 Å². The van der Waals surface area contributed by atoms with Crippen LogP contribution in [-0.4, -0.2) is 32.2 Å². The number of carbonyl (C=O) groups is 2. The van der Waals surface area contributed by atoms with Gasteiger partial charge in [0.05, 0.1) is 20.4 Å². The number of hydrogen-bond donors (Lipinski definition) is 2. The molecule has 7 nitrogen and oxygen atoms in total. The maximum Gasteiger partial charge on any atom is 0.249 e. The highest BCUT2D eigenvalue weighted by Crippen LogP contribution is 2.22. The Morgan fingerprint density at radius 3 is 2.42 bits per heavy atom. The van der Waals surface area contributed by atoms with E-state index >= 15 is 0 Å². The number of aryl methyl sites for hydroxylation is 1. The number of amides is 2. The molecule has 0 aliphatic rings. The number of ether oxygens (including phenoxy) is 2. The molecular weight excluding hydrogens is 334 g/mol. The van der Waals surface area contributed by atoms with Gasteiger partial charge in [0.15, 0.2) is 0 Å². The predicted molar refractivity (Wildman–Crippen MR) is 99.7 cm³/mol. The molecule has 0 atom stereocenters. The molecule has 0 unspecified atom stereocenters. The molecule has 7 heteroatoms. The topological polar surface area (TPSA) is 89.0 Å². The van der Waals surface area contributed by atoms with Crippen LogP contribution in [0.15, 0.2) is 47.6 Å². The van der Waals surface area contributed by atoms with Crippen molar-refractivity contribution in [2.45, 2.75) is 13.3 Å². The number of nitrogens with zero attached hydrogens (tertiary/aromatic N) is 1. The van der Waals surface area contributed by atoms with Crippen LogP contribution < -0.4 is 20.2 Å².